The van der Waals surface area contributed by atoms with Crippen LogP contribution in [-0.4, -0.2) is 31.7 Å². The van der Waals surface area contributed by atoms with Crippen LogP contribution in [0.5, 0.6) is 0 Å². The summed E-state index contributed by atoms with van der Waals surface area (Å²) in [7, 11) is 0. The average molecular weight is 263 g/mol. The van der Waals surface area contributed by atoms with E-state index in [1.165, 1.54) is 25.7 Å². The molecule has 2 heterocycles. The molecule has 96 valence electrons. The minimum atomic E-state index is 0.269. The Hall–Kier alpha value is -1.14. The van der Waals surface area contributed by atoms with Crippen molar-refractivity contribution >= 4 is 22.9 Å². The highest BCUT2D eigenvalue weighted by atomic mass is 32.2. The van der Waals surface area contributed by atoms with Crippen LogP contribution >= 0.6 is 11.8 Å². The lowest BCUT2D eigenvalue weighted by atomic mass is 10.0. The Balaban J connectivity index is 1.67. The van der Waals surface area contributed by atoms with Crippen molar-refractivity contribution in [2.24, 2.45) is 11.7 Å². The molecule has 3 rings (SSSR count). The number of nitrogens with two attached hydrogens (primary N) is 1. The van der Waals surface area contributed by atoms with Crippen LogP contribution in [0.25, 0.3) is 11.2 Å². The highest BCUT2D eigenvalue weighted by Gasteiger charge is 2.22. The monoisotopic (exact) mass is 263 g/mol. The molecule has 1 unspecified atom stereocenters. The van der Waals surface area contributed by atoms with Crippen molar-refractivity contribution in [3.63, 3.8) is 0 Å². The Labute approximate surface area is 110 Å². The molecule has 3 N–H and O–H groups in total. The first-order valence-corrected chi connectivity index (χ1v) is 7.35. The predicted molar refractivity (Wildman–Crippen MR) is 72.3 cm³/mol. The quantitative estimate of drug-likeness (QED) is 0.651. The van der Waals surface area contributed by atoms with Gasteiger partial charge in [-0.3, -0.25) is 0 Å². The Morgan fingerprint density at radius 3 is 3.00 bits per heavy atom. The molecule has 0 bridgehead atoms. The van der Waals surface area contributed by atoms with E-state index in [9.17, 15) is 0 Å². The third kappa shape index (κ3) is 2.35. The van der Waals surface area contributed by atoms with Gasteiger partial charge in [0.15, 0.2) is 5.65 Å². The van der Waals surface area contributed by atoms with Crippen molar-refractivity contribution in [1.82, 2.24) is 19.9 Å². The second-order valence-corrected chi connectivity index (χ2v) is 5.81. The van der Waals surface area contributed by atoms with Gasteiger partial charge in [-0.2, -0.15) is 0 Å². The molecule has 2 aromatic rings. The Morgan fingerprint density at radius 1 is 1.33 bits per heavy atom. The van der Waals surface area contributed by atoms with E-state index in [1.807, 2.05) is 0 Å². The normalized spacial score (nSPS) is 18.5. The van der Waals surface area contributed by atoms with Crippen LogP contribution in [0.4, 0.5) is 0 Å². The second kappa shape index (κ2) is 5.24. The number of hydrogen-bond donors (Lipinski definition) is 2. The molecule has 0 aromatic carbocycles. The number of H-pyrrole nitrogens is 1. The van der Waals surface area contributed by atoms with Crippen LogP contribution in [0.3, 0.4) is 0 Å². The fourth-order valence-corrected chi connectivity index (χ4v) is 3.59. The third-order valence-corrected chi connectivity index (χ3v) is 4.74. The summed E-state index contributed by atoms with van der Waals surface area (Å²) in [6.07, 6.45) is 8.45. The van der Waals surface area contributed by atoms with Crippen LogP contribution in [0.15, 0.2) is 17.7 Å². The summed E-state index contributed by atoms with van der Waals surface area (Å²) in [5.74, 6) is 1.60. The van der Waals surface area contributed by atoms with Crippen LogP contribution in [0, 0.1) is 5.92 Å². The maximum Gasteiger partial charge on any atom is 0.181 e. The molecular weight excluding hydrogens is 246 g/mol. The zero-order valence-corrected chi connectivity index (χ0v) is 11.0. The first-order valence-electron chi connectivity index (χ1n) is 6.37. The van der Waals surface area contributed by atoms with E-state index >= 15 is 0 Å². The smallest absolute Gasteiger partial charge is 0.181 e. The van der Waals surface area contributed by atoms with E-state index in [1.54, 1.807) is 24.4 Å². The van der Waals surface area contributed by atoms with Gasteiger partial charge in [0.05, 0.1) is 6.33 Å². The lowest BCUT2D eigenvalue weighted by molar-refractivity contribution is 0.463. The van der Waals surface area contributed by atoms with Crippen molar-refractivity contribution in [3.05, 3.63) is 12.7 Å². The molecule has 1 saturated carbocycles. The van der Waals surface area contributed by atoms with Gasteiger partial charge in [0.2, 0.25) is 0 Å². The maximum absolute atomic E-state index is 6.26. The SMILES string of the molecule is NC(CSc1ncnc2nc[nH]c12)C1CCCC1. The van der Waals surface area contributed by atoms with Crippen molar-refractivity contribution in [1.29, 1.82) is 0 Å². The van der Waals surface area contributed by atoms with Crippen molar-refractivity contribution in [2.75, 3.05) is 5.75 Å². The molecule has 1 aliphatic carbocycles. The molecule has 5 nitrogen and oxygen atoms in total. The zero-order valence-electron chi connectivity index (χ0n) is 10.2. The fourth-order valence-electron chi connectivity index (χ4n) is 2.55. The Bertz CT molecular complexity index is 520. The summed E-state index contributed by atoms with van der Waals surface area (Å²) in [4.78, 5) is 15.6. The average Bonchev–Trinajstić information content (AvgIpc) is 3.05. The highest BCUT2D eigenvalue weighted by molar-refractivity contribution is 7.99. The number of aromatic amines is 1. The summed E-state index contributed by atoms with van der Waals surface area (Å²) >= 11 is 1.70. The van der Waals surface area contributed by atoms with Gasteiger partial charge in [0.1, 0.15) is 16.9 Å². The van der Waals surface area contributed by atoms with Gasteiger partial charge in [-0.25, -0.2) is 15.0 Å². The minimum absolute atomic E-state index is 0.269. The van der Waals surface area contributed by atoms with E-state index < -0.39 is 0 Å². The maximum atomic E-state index is 6.26. The summed E-state index contributed by atoms with van der Waals surface area (Å²) in [6.45, 7) is 0. The predicted octanol–water partition coefficient (Wildman–Crippen LogP) is 1.96. The number of nitrogens with one attached hydrogen (secondary N) is 1. The van der Waals surface area contributed by atoms with Gasteiger partial charge in [-0.15, -0.1) is 11.8 Å². The molecule has 0 amide bonds. The van der Waals surface area contributed by atoms with Gasteiger partial charge in [0.25, 0.3) is 0 Å². The van der Waals surface area contributed by atoms with E-state index in [-0.39, 0.29) is 6.04 Å². The summed E-state index contributed by atoms with van der Waals surface area (Å²) in [6, 6.07) is 0.269. The number of nitrogens with zero attached hydrogens (tertiary/aromatic N) is 3. The third-order valence-electron chi connectivity index (χ3n) is 3.61. The molecule has 0 aliphatic heterocycles. The lowest BCUT2D eigenvalue weighted by Crippen LogP contribution is -2.30. The topological polar surface area (TPSA) is 80.5 Å². The molecule has 18 heavy (non-hydrogen) atoms. The Kier molecular flexibility index (Phi) is 3.47. The number of aromatic nitrogens is 4. The van der Waals surface area contributed by atoms with E-state index in [0.717, 1.165) is 21.9 Å². The van der Waals surface area contributed by atoms with Crippen molar-refractivity contribution < 1.29 is 0 Å². The number of rotatable bonds is 4. The summed E-state index contributed by atoms with van der Waals surface area (Å²) in [5, 5.41) is 0.950. The molecule has 0 saturated heterocycles. The molecule has 2 aromatic heterocycles. The second-order valence-electron chi connectivity index (χ2n) is 4.80. The van der Waals surface area contributed by atoms with Crippen molar-refractivity contribution in [2.45, 2.75) is 36.8 Å². The van der Waals surface area contributed by atoms with Crippen LogP contribution < -0.4 is 5.73 Å². The standard InChI is InChI=1S/C12H17N5S/c13-9(8-3-1-2-4-8)5-18-12-10-11(15-6-14-10)16-7-17-12/h6-9H,1-5,13H2,(H,14,15,16,17). The highest BCUT2D eigenvalue weighted by Crippen LogP contribution is 2.30. The summed E-state index contributed by atoms with van der Waals surface area (Å²) in [5.41, 5.74) is 7.90. The number of hydrogen-bond acceptors (Lipinski definition) is 5. The molecule has 1 aliphatic rings. The van der Waals surface area contributed by atoms with Crippen LogP contribution in [0.1, 0.15) is 25.7 Å². The molecule has 0 spiro atoms. The zero-order chi connectivity index (χ0) is 12.4. The van der Waals surface area contributed by atoms with Gasteiger partial charge >= 0.3 is 0 Å². The molecule has 1 atom stereocenters. The molecule has 0 radical (unpaired) electrons. The first kappa shape index (κ1) is 11.9. The molecule has 6 heteroatoms. The van der Waals surface area contributed by atoms with Crippen LogP contribution in [0.2, 0.25) is 0 Å². The summed E-state index contributed by atoms with van der Waals surface area (Å²) < 4.78 is 0. The van der Waals surface area contributed by atoms with E-state index in [0.29, 0.717) is 5.92 Å². The van der Waals surface area contributed by atoms with Gasteiger partial charge in [-0.1, -0.05) is 12.8 Å². The Morgan fingerprint density at radius 2 is 2.17 bits per heavy atom. The van der Waals surface area contributed by atoms with E-state index in [2.05, 4.69) is 19.9 Å². The molecular formula is C12H17N5S. The fraction of sp³-hybridized carbons (Fsp3) is 0.583. The minimum Gasteiger partial charge on any atom is -0.341 e. The van der Waals surface area contributed by atoms with Gasteiger partial charge < -0.3 is 10.7 Å². The largest absolute Gasteiger partial charge is 0.341 e. The molecule has 1 fully saturated rings. The van der Waals surface area contributed by atoms with Gasteiger partial charge in [-0.05, 0) is 18.8 Å². The number of fused-ring (bicyclic) bond motifs is 1. The van der Waals surface area contributed by atoms with Crippen molar-refractivity contribution in [3.8, 4) is 0 Å². The van der Waals surface area contributed by atoms with Crippen LogP contribution in [-0.2, 0) is 0 Å². The van der Waals surface area contributed by atoms with E-state index in [4.69, 9.17) is 5.73 Å². The lowest BCUT2D eigenvalue weighted by Gasteiger charge is -2.17. The number of imidazole rings is 1. The number of thioether (sulfide) groups is 1. The van der Waals surface area contributed by atoms with Gasteiger partial charge in [0, 0.05) is 11.8 Å². The first-order chi connectivity index (χ1) is 8.84.